The van der Waals surface area contributed by atoms with E-state index in [-0.39, 0.29) is 0 Å². The zero-order valence-electron chi connectivity index (χ0n) is 30.1. The van der Waals surface area contributed by atoms with Crippen molar-refractivity contribution < 1.29 is 4.42 Å². The van der Waals surface area contributed by atoms with E-state index in [2.05, 4.69) is 187 Å². The Hall–Kier alpha value is -7.56. The van der Waals surface area contributed by atoms with E-state index in [0.717, 1.165) is 110 Å². The van der Waals surface area contributed by atoms with Crippen LogP contribution in [0, 0.1) is 0 Å². The third kappa shape index (κ3) is 4.53. The second-order valence-electron chi connectivity index (χ2n) is 14.5. The van der Waals surface area contributed by atoms with Crippen LogP contribution in [0.5, 0.6) is 0 Å². The van der Waals surface area contributed by atoms with E-state index in [1.54, 1.807) is 0 Å². The second-order valence-corrected chi connectivity index (χ2v) is 14.5. The first-order valence-corrected chi connectivity index (χ1v) is 19.0. The lowest BCUT2D eigenvalue weighted by atomic mass is 9.94. The molecule has 3 heterocycles. The van der Waals surface area contributed by atoms with Crippen molar-refractivity contribution in [1.29, 1.82) is 0 Å². The van der Waals surface area contributed by atoms with Crippen LogP contribution >= 0.6 is 0 Å². The molecule has 3 aromatic heterocycles. The molecule has 0 aliphatic carbocycles. The molecule has 56 heavy (non-hydrogen) atoms. The summed E-state index contributed by atoms with van der Waals surface area (Å²) in [7, 11) is 0. The molecule has 12 aromatic rings. The van der Waals surface area contributed by atoms with Gasteiger partial charge in [-0.25, -0.2) is 9.97 Å². The van der Waals surface area contributed by atoms with Gasteiger partial charge in [0.15, 0.2) is 0 Å². The van der Waals surface area contributed by atoms with Crippen LogP contribution in [0.1, 0.15) is 0 Å². The van der Waals surface area contributed by atoms with Crippen molar-refractivity contribution >= 4 is 76.2 Å². The highest BCUT2D eigenvalue weighted by molar-refractivity contribution is 6.36. The fourth-order valence-corrected chi connectivity index (χ4v) is 8.89. The molecule has 0 atom stereocenters. The van der Waals surface area contributed by atoms with Gasteiger partial charge in [0.05, 0.1) is 22.2 Å². The molecule has 0 saturated carbocycles. The zero-order valence-corrected chi connectivity index (χ0v) is 30.1. The molecule has 0 aliphatic rings. The van der Waals surface area contributed by atoms with Crippen LogP contribution in [0.4, 0.5) is 0 Å². The Labute approximate surface area is 321 Å². The summed E-state index contributed by atoms with van der Waals surface area (Å²) in [6.07, 6.45) is 0. The predicted octanol–water partition coefficient (Wildman–Crippen LogP) is 13.9. The van der Waals surface area contributed by atoms with Crippen molar-refractivity contribution in [1.82, 2.24) is 14.5 Å². The quantitative estimate of drug-likeness (QED) is 0.171. The lowest BCUT2D eigenvalue weighted by Crippen LogP contribution is -2.04. The van der Waals surface area contributed by atoms with Gasteiger partial charge in [0.1, 0.15) is 11.2 Å². The molecule has 0 aliphatic heterocycles. The van der Waals surface area contributed by atoms with Crippen molar-refractivity contribution in [3.63, 3.8) is 0 Å². The van der Waals surface area contributed by atoms with Crippen molar-refractivity contribution in [3.05, 3.63) is 188 Å². The standard InChI is InChI=1S/C52H31N3O/c1-3-15-32(16-4-1)34-29-35(33-17-5-2-6-18-33)31-36(30-34)49-41-22-9-12-24-44(41)53-52(54-49)55-45-25-13-10-19-37(45)39-27-28-43-47(50(39)55)38-20-7-8-21-40(38)51-48(43)42-23-11-14-26-46(42)56-51/h1-31H. The average molecular weight is 714 g/mol. The minimum absolute atomic E-state index is 0.630. The summed E-state index contributed by atoms with van der Waals surface area (Å²) >= 11 is 0. The van der Waals surface area contributed by atoms with Gasteiger partial charge in [-0.1, -0.05) is 152 Å². The van der Waals surface area contributed by atoms with Crippen molar-refractivity contribution in [2.75, 3.05) is 0 Å². The molecule has 0 radical (unpaired) electrons. The summed E-state index contributed by atoms with van der Waals surface area (Å²) < 4.78 is 8.92. The number of benzene rings is 9. The predicted molar refractivity (Wildman–Crippen MR) is 232 cm³/mol. The number of para-hydroxylation sites is 3. The monoisotopic (exact) mass is 713 g/mol. The molecule has 260 valence electrons. The molecule has 4 heteroatoms. The Kier molecular flexibility index (Phi) is 6.60. The lowest BCUT2D eigenvalue weighted by molar-refractivity contribution is 0.673. The lowest BCUT2D eigenvalue weighted by Gasteiger charge is -2.15. The zero-order chi connectivity index (χ0) is 36.7. The van der Waals surface area contributed by atoms with E-state index in [0.29, 0.717) is 5.95 Å². The Bertz CT molecular complexity index is 3470. The largest absolute Gasteiger partial charge is 0.455 e. The summed E-state index contributed by atoms with van der Waals surface area (Å²) in [6.45, 7) is 0. The number of rotatable bonds is 4. The van der Waals surface area contributed by atoms with E-state index in [9.17, 15) is 0 Å². The molecule has 0 fully saturated rings. The molecule has 0 unspecified atom stereocenters. The van der Waals surface area contributed by atoms with Crippen LogP contribution in [0.25, 0.3) is 116 Å². The highest BCUT2D eigenvalue weighted by atomic mass is 16.3. The van der Waals surface area contributed by atoms with E-state index < -0.39 is 0 Å². The van der Waals surface area contributed by atoms with Gasteiger partial charge >= 0.3 is 0 Å². The molecule has 4 nitrogen and oxygen atoms in total. The van der Waals surface area contributed by atoms with Gasteiger partial charge in [0.25, 0.3) is 0 Å². The Morgan fingerprint density at radius 2 is 0.946 bits per heavy atom. The summed E-state index contributed by atoms with van der Waals surface area (Å²) in [5.41, 5.74) is 11.3. The van der Waals surface area contributed by atoms with Crippen LogP contribution in [0.3, 0.4) is 0 Å². The molecule has 0 spiro atoms. The number of nitrogens with zero attached hydrogens (tertiary/aromatic N) is 3. The minimum Gasteiger partial charge on any atom is -0.455 e. The van der Waals surface area contributed by atoms with Gasteiger partial charge in [-0.3, -0.25) is 4.57 Å². The topological polar surface area (TPSA) is 43.9 Å². The number of hydrogen-bond acceptors (Lipinski definition) is 3. The first-order valence-electron chi connectivity index (χ1n) is 19.0. The second kappa shape index (κ2) is 12.0. The summed E-state index contributed by atoms with van der Waals surface area (Å²) in [6, 6.07) is 66.6. The fourth-order valence-electron chi connectivity index (χ4n) is 8.89. The molecular weight excluding hydrogens is 683 g/mol. The van der Waals surface area contributed by atoms with Gasteiger partial charge < -0.3 is 4.42 Å². The SMILES string of the molecule is c1ccc(-c2cc(-c3ccccc3)cc(-c3nc(-n4c5ccccc5c5ccc6c7c8ccccc8oc7c7ccccc7c6c54)nc4ccccc34)c2)cc1. The molecule has 0 N–H and O–H groups in total. The van der Waals surface area contributed by atoms with Crippen molar-refractivity contribution in [3.8, 4) is 39.5 Å². The van der Waals surface area contributed by atoms with Crippen LogP contribution in [0.2, 0.25) is 0 Å². The van der Waals surface area contributed by atoms with E-state index in [1.807, 2.05) is 6.07 Å². The molecule has 12 rings (SSSR count). The Balaban J connectivity index is 1.23. The smallest absolute Gasteiger partial charge is 0.235 e. The van der Waals surface area contributed by atoms with Crippen LogP contribution in [-0.4, -0.2) is 14.5 Å². The van der Waals surface area contributed by atoms with Gasteiger partial charge in [-0.15, -0.1) is 0 Å². The van der Waals surface area contributed by atoms with Gasteiger partial charge in [0.2, 0.25) is 5.95 Å². The van der Waals surface area contributed by atoms with Crippen molar-refractivity contribution in [2.45, 2.75) is 0 Å². The minimum atomic E-state index is 0.630. The van der Waals surface area contributed by atoms with Gasteiger partial charge in [-0.05, 0) is 69.4 Å². The summed E-state index contributed by atoms with van der Waals surface area (Å²) in [5, 5.41) is 10.1. The highest BCUT2D eigenvalue weighted by Gasteiger charge is 2.23. The molecule has 0 bridgehead atoms. The maximum atomic E-state index is 6.62. The maximum absolute atomic E-state index is 6.62. The third-order valence-electron chi connectivity index (χ3n) is 11.4. The summed E-state index contributed by atoms with van der Waals surface area (Å²) in [5.74, 6) is 0.630. The number of aromatic nitrogens is 3. The Morgan fingerprint density at radius 1 is 0.375 bits per heavy atom. The van der Waals surface area contributed by atoms with Crippen LogP contribution < -0.4 is 0 Å². The van der Waals surface area contributed by atoms with E-state index in [4.69, 9.17) is 14.4 Å². The van der Waals surface area contributed by atoms with E-state index in [1.165, 1.54) is 0 Å². The number of hydrogen-bond donors (Lipinski definition) is 0. The van der Waals surface area contributed by atoms with Crippen LogP contribution in [-0.2, 0) is 0 Å². The first kappa shape index (κ1) is 30.9. The van der Waals surface area contributed by atoms with Gasteiger partial charge in [0, 0.05) is 43.3 Å². The molecular formula is C52H31N3O. The normalized spacial score (nSPS) is 11.9. The molecule has 9 aromatic carbocycles. The third-order valence-corrected chi connectivity index (χ3v) is 11.4. The first-order chi connectivity index (χ1) is 27.8. The average Bonchev–Trinajstić information content (AvgIpc) is 3.83. The Morgan fingerprint density at radius 3 is 1.70 bits per heavy atom. The van der Waals surface area contributed by atoms with E-state index >= 15 is 0 Å². The van der Waals surface area contributed by atoms with Crippen LogP contribution in [0.15, 0.2) is 192 Å². The fraction of sp³-hybridized carbons (Fsp3) is 0. The molecule has 0 saturated heterocycles. The maximum Gasteiger partial charge on any atom is 0.235 e. The van der Waals surface area contributed by atoms with Crippen molar-refractivity contribution in [2.24, 2.45) is 0 Å². The van der Waals surface area contributed by atoms with Gasteiger partial charge in [-0.2, -0.15) is 0 Å². The number of fused-ring (bicyclic) bond motifs is 13. The molecule has 0 amide bonds. The highest BCUT2D eigenvalue weighted by Crippen LogP contribution is 2.46. The number of furan rings is 1. The summed E-state index contributed by atoms with van der Waals surface area (Å²) in [4.78, 5) is 11.0.